The molecule has 0 saturated heterocycles. The Morgan fingerprint density at radius 1 is 1.03 bits per heavy atom. The summed E-state index contributed by atoms with van der Waals surface area (Å²) >= 11 is 0. The van der Waals surface area contributed by atoms with Crippen molar-refractivity contribution in [1.82, 2.24) is 13.9 Å². The van der Waals surface area contributed by atoms with Crippen molar-refractivity contribution in [2.45, 2.75) is 11.8 Å². The smallest absolute Gasteiger partial charge is 0.268 e. The van der Waals surface area contributed by atoms with Crippen LogP contribution in [0.4, 0.5) is 5.95 Å². The monoisotopic (exact) mass is 432 g/mol. The molecule has 0 amide bonds. The number of nitrogens with zero attached hydrogens (tertiary/aromatic N) is 2. The van der Waals surface area contributed by atoms with Crippen molar-refractivity contribution in [2.75, 3.05) is 12.8 Å². The highest BCUT2D eigenvalue weighted by Crippen LogP contribution is 2.36. The maximum absolute atomic E-state index is 13.7. The van der Waals surface area contributed by atoms with Gasteiger partial charge in [-0.1, -0.05) is 30.3 Å². The zero-order valence-electron chi connectivity index (χ0n) is 17.0. The first-order valence-electron chi connectivity index (χ1n) is 9.64. The van der Waals surface area contributed by atoms with E-state index in [0.717, 1.165) is 16.5 Å². The molecule has 2 aromatic heterocycles. The van der Waals surface area contributed by atoms with Gasteiger partial charge in [0.25, 0.3) is 10.0 Å². The predicted molar refractivity (Wildman–Crippen MR) is 122 cm³/mol. The molecule has 3 aromatic carbocycles. The molecule has 0 atom stereocenters. The number of methoxy groups -OCH3 is 1. The van der Waals surface area contributed by atoms with Crippen molar-refractivity contribution < 1.29 is 13.2 Å². The second kappa shape index (κ2) is 6.88. The summed E-state index contributed by atoms with van der Waals surface area (Å²) in [6.07, 6.45) is 1.59. The SMILES string of the molecule is COc1ccc2c(c1)c(-c1nc(N)[nH]c1C)cn2S(=O)(=O)c1ccc2ccccc2c1. The lowest BCUT2D eigenvalue weighted by Crippen LogP contribution is -2.11. The fraction of sp³-hybridized carbons (Fsp3) is 0.0870. The summed E-state index contributed by atoms with van der Waals surface area (Å²) in [7, 11) is -2.29. The predicted octanol–water partition coefficient (Wildman–Crippen LogP) is 4.32. The Hall–Kier alpha value is -3.78. The van der Waals surface area contributed by atoms with Gasteiger partial charge in [-0.05, 0) is 48.0 Å². The van der Waals surface area contributed by atoms with Crippen molar-refractivity contribution >= 4 is 37.6 Å². The number of nitrogens with one attached hydrogen (secondary N) is 1. The van der Waals surface area contributed by atoms with Crippen LogP contribution in [0, 0.1) is 6.92 Å². The van der Waals surface area contributed by atoms with E-state index in [1.54, 1.807) is 43.6 Å². The molecule has 0 aliphatic rings. The van der Waals surface area contributed by atoms with Crippen LogP contribution in [0.1, 0.15) is 5.69 Å². The van der Waals surface area contributed by atoms with Crippen LogP contribution >= 0.6 is 0 Å². The maximum atomic E-state index is 13.7. The summed E-state index contributed by atoms with van der Waals surface area (Å²) in [4.78, 5) is 7.56. The van der Waals surface area contributed by atoms with E-state index in [4.69, 9.17) is 10.5 Å². The summed E-state index contributed by atoms with van der Waals surface area (Å²) in [5.41, 5.74) is 8.38. The second-order valence-electron chi connectivity index (χ2n) is 7.33. The van der Waals surface area contributed by atoms with Crippen LogP contribution in [0.25, 0.3) is 32.9 Å². The third-order valence-corrected chi connectivity index (χ3v) is 7.08. The summed E-state index contributed by atoms with van der Waals surface area (Å²) in [5, 5.41) is 2.54. The number of imidazole rings is 1. The normalized spacial score (nSPS) is 11.9. The van der Waals surface area contributed by atoms with Gasteiger partial charge in [0.2, 0.25) is 0 Å². The molecule has 8 heteroatoms. The fourth-order valence-electron chi connectivity index (χ4n) is 3.88. The molecule has 3 N–H and O–H groups in total. The third kappa shape index (κ3) is 3.03. The molecule has 5 rings (SSSR count). The second-order valence-corrected chi connectivity index (χ2v) is 9.15. The van der Waals surface area contributed by atoms with Crippen LogP contribution < -0.4 is 10.5 Å². The Morgan fingerprint density at radius 3 is 2.52 bits per heavy atom. The quantitative estimate of drug-likeness (QED) is 0.440. The Balaban J connectivity index is 1.78. The highest BCUT2D eigenvalue weighted by molar-refractivity contribution is 7.90. The Bertz CT molecular complexity index is 1560. The number of fused-ring (bicyclic) bond motifs is 2. The number of hydrogen-bond acceptors (Lipinski definition) is 5. The van der Waals surface area contributed by atoms with Gasteiger partial charge in [0, 0.05) is 22.8 Å². The van der Waals surface area contributed by atoms with Crippen LogP contribution in [-0.4, -0.2) is 29.5 Å². The van der Waals surface area contributed by atoms with Crippen LogP contribution in [-0.2, 0) is 10.0 Å². The van der Waals surface area contributed by atoms with Crippen LogP contribution in [0.2, 0.25) is 0 Å². The number of benzene rings is 3. The minimum Gasteiger partial charge on any atom is -0.497 e. The number of rotatable bonds is 4. The van der Waals surface area contributed by atoms with E-state index in [9.17, 15) is 8.42 Å². The molecule has 156 valence electrons. The van der Waals surface area contributed by atoms with E-state index in [-0.39, 0.29) is 10.8 Å². The topological polar surface area (TPSA) is 103 Å². The first-order chi connectivity index (χ1) is 14.9. The van der Waals surface area contributed by atoms with Gasteiger partial charge in [0.05, 0.1) is 23.2 Å². The van der Waals surface area contributed by atoms with Crippen LogP contribution in [0.3, 0.4) is 0 Å². The van der Waals surface area contributed by atoms with Gasteiger partial charge in [-0.3, -0.25) is 0 Å². The average Bonchev–Trinajstić information content (AvgIpc) is 3.32. The number of aryl methyl sites for hydroxylation is 1. The molecule has 0 aliphatic carbocycles. The standard InChI is InChI=1S/C23H20N4O3S/c1-14-22(26-23(24)25-14)20-13-27(21-10-8-17(30-2)12-19(20)21)31(28,29)18-9-7-15-5-3-4-6-16(15)11-18/h3-13H,1-2H3,(H3,24,25,26). The zero-order chi connectivity index (χ0) is 21.8. The first kappa shape index (κ1) is 19.2. The maximum Gasteiger partial charge on any atom is 0.268 e. The Kier molecular flexibility index (Phi) is 4.26. The molecular weight excluding hydrogens is 412 g/mol. The van der Waals surface area contributed by atoms with Crippen molar-refractivity contribution in [3.05, 3.63) is 72.6 Å². The van der Waals surface area contributed by atoms with Crippen LogP contribution in [0.15, 0.2) is 71.8 Å². The van der Waals surface area contributed by atoms with E-state index in [2.05, 4.69) is 9.97 Å². The average molecular weight is 433 g/mol. The highest BCUT2D eigenvalue weighted by Gasteiger charge is 2.24. The van der Waals surface area contributed by atoms with Gasteiger partial charge in [-0.25, -0.2) is 17.4 Å². The number of nitrogens with two attached hydrogens (primary N) is 1. The lowest BCUT2D eigenvalue weighted by molar-refractivity contribution is 0.415. The van der Waals surface area contributed by atoms with Crippen molar-refractivity contribution in [2.24, 2.45) is 0 Å². The molecule has 0 radical (unpaired) electrons. The minimum absolute atomic E-state index is 0.212. The molecule has 0 fully saturated rings. The molecule has 0 spiro atoms. The van der Waals surface area contributed by atoms with Gasteiger partial charge >= 0.3 is 0 Å². The number of nitrogen functional groups attached to an aromatic ring is 1. The van der Waals surface area contributed by atoms with Gasteiger partial charge in [-0.2, -0.15) is 0 Å². The lowest BCUT2D eigenvalue weighted by Gasteiger charge is -2.09. The Morgan fingerprint density at radius 2 is 1.81 bits per heavy atom. The van der Waals surface area contributed by atoms with Crippen molar-refractivity contribution in [1.29, 1.82) is 0 Å². The van der Waals surface area contributed by atoms with Crippen LogP contribution in [0.5, 0.6) is 5.75 Å². The molecule has 2 heterocycles. The zero-order valence-corrected chi connectivity index (χ0v) is 17.8. The largest absolute Gasteiger partial charge is 0.497 e. The van der Waals surface area contributed by atoms with Gasteiger partial charge in [0.1, 0.15) is 5.75 Å². The summed E-state index contributed by atoms with van der Waals surface area (Å²) < 4.78 is 34.0. The lowest BCUT2D eigenvalue weighted by atomic mass is 10.1. The summed E-state index contributed by atoms with van der Waals surface area (Å²) in [5.74, 6) is 0.893. The summed E-state index contributed by atoms with van der Waals surface area (Å²) in [6.45, 7) is 1.85. The summed E-state index contributed by atoms with van der Waals surface area (Å²) in [6, 6.07) is 18.1. The number of aromatic nitrogens is 3. The van der Waals surface area contributed by atoms with Gasteiger partial charge in [-0.15, -0.1) is 0 Å². The Labute approximate surface area is 179 Å². The molecular formula is C23H20N4O3S. The number of aromatic amines is 1. The minimum atomic E-state index is -3.86. The van der Waals surface area contributed by atoms with Crippen molar-refractivity contribution in [3.63, 3.8) is 0 Å². The van der Waals surface area contributed by atoms with E-state index in [1.807, 2.05) is 37.3 Å². The van der Waals surface area contributed by atoms with E-state index >= 15 is 0 Å². The van der Waals surface area contributed by atoms with E-state index in [1.165, 1.54) is 3.97 Å². The molecule has 31 heavy (non-hydrogen) atoms. The number of H-pyrrole nitrogens is 1. The molecule has 0 unspecified atom stereocenters. The molecule has 7 nitrogen and oxygen atoms in total. The highest BCUT2D eigenvalue weighted by atomic mass is 32.2. The van der Waals surface area contributed by atoms with E-state index in [0.29, 0.717) is 27.9 Å². The third-order valence-electron chi connectivity index (χ3n) is 5.41. The number of ether oxygens (including phenoxy) is 1. The van der Waals surface area contributed by atoms with Gasteiger partial charge < -0.3 is 15.5 Å². The van der Waals surface area contributed by atoms with Gasteiger partial charge in [0.15, 0.2) is 5.95 Å². The number of anilines is 1. The van der Waals surface area contributed by atoms with Crippen molar-refractivity contribution in [3.8, 4) is 17.0 Å². The molecule has 5 aromatic rings. The number of hydrogen-bond donors (Lipinski definition) is 2. The van der Waals surface area contributed by atoms with E-state index < -0.39 is 10.0 Å². The molecule has 0 aliphatic heterocycles. The first-order valence-corrected chi connectivity index (χ1v) is 11.1. The fourth-order valence-corrected chi connectivity index (χ4v) is 5.29. The molecule has 0 saturated carbocycles. The molecule has 0 bridgehead atoms.